The number of carbonyl (C=O) groups is 1. The number of hydrogen-bond acceptors (Lipinski definition) is 6. The van der Waals surface area contributed by atoms with E-state index in [4.69, 9.17) is 14.0 Å². The summed E-state index contributed by atoms with van der Waals surface area (Å²) in [6.45, 7) is 9.41. The zero-order chi connectivity index (χ0) is 20.9. The summed E-state index contributed by atoms with van der Waals surface area (Å²) in [6, 6.07) is 5.78. The van der Waals surface area contributed by atoms with Crippen molar-refractivity contribution in [2.75, 3.05) is 18.5 Å². The molecule has 1 aromatic carbocycles. The normalized spacial score (nSPS) is 16.8. The van der Waals surface area contributed by atoms with Crippen LogP contribution in [0.4, 0.5) is 5.69 Å². The number of anilines is 1. The fourth-order valence-corrected chi connectivity index (χ4v) is 3.08. The van der Waals surface area contributed by atoms with E-state index >= 15 is 0 Å². The maximum atomic E-state index is 12.4. The molecule has 1 N–H and O–H groups in total. The molecule has 158 valence electrons. The molecule has 7 nitrogen and oxygen atoms in total. The van der Waals surface area contributed by atoms with Gasteiger partial charge in [0.05, 0.1) is 11.8 Å². The van der Waals surface area contributed by atoms with Gasteiger partial charge in [0.1, 0.15) is 12.4 Å². The van der Waals surface area contributed by atoms with Gasteiger partial charge in [0, 0.05) is 24.9 Å². The summed E-state index contributed by atoms with van der Waals surface area (Å²) in [5.74, 6) is 1.87. The van der Waals surface area contributed by atoms with Gasteiger partial charge in [-0.25, -0.2) is 0 Å². The highest BCUT2D eigenvalue weighted by Crippen LogP contribution is 2.27. The number of benzene rings is 1. The van der Waals surface area contributed by atoms with Crippen LogP contribution in [0.15, 0.2) is 22.7 Å². The molecule has 0 saturated carbocycles. The second-order valence-corrected chi connectivity index (χ2v) is 8.61. The SMILES string of the molecule is Cc1ccc(NC(=O)CCCc2nc(C(C)(C)C)no2)c(OCC2CCCO2)c1. The number of ether oxygens (including phenoxy) is 2. The average molecular weight is 402 g/mol. The predicted molar refractivity (Wildman–Crippen MR) is 110 cm³/mol. The Kier molecular flexibility index (Phi) is 6.90. The number of hydrogen-bond donors (Lipinski definition) is 1. The third-order valence-electron chi connectivity index (χ3n) is 4.79. The molecular formula is C22H31N3O4. The lowest BCUT2D eigenvalue weighted by molar-refractivity contribution is -0.116. The molecule has 3 rings (SSSR count). The lowest BCUT2D eigenvalue weighted by atomic mass is 9.96. The van der Waals surface area contributed by atoms with Crippen LogP contribution >= 0.6 is 0 Å². The molecular weight excluding hydrogens is 370 g/mol. The largest absolute Gasteiger partial charge is 0.489 e. The molecule has 29 heavy (non-hydrogen) atoms. The van der Waals surface area contributed by atoms with E-state index in [0.717, 1.165) is 25.0 Å². The van der Waals surface area contributed by atoms with Crippen molar-refractivity contribution in [3.8, 4) is 5.75 Å². The summed E-state index contributed by atoms with van der Waals surface area (Å²) in [7, 11) is 0. The molecule has 0 radical (unpaired) electrons. The molecule has 1 saturated heterocycles. The molecule has 1 aliphatic heterocycles. The van der Waals surface area contributed by atoms with E-state index in [0.29, 0.717) is 49.0 Å². The maximum absolute atomic E-state index is 12.4. The first kappa shape index (κ1) is 21.3. The van der Waals surface area contributed by atoms with Gasteiger partial charge in [0.2, 0.25) is 11.8 Å². The number of carbonyl (C=O) groups excluding carboxylic acids is 1. The minimum atomic E-state index is -0.148. The Bertz CT molecular complexity index is 820. The van der Waals surface area contributed by atoms with E-state index in [9.17, 15) is 4.79 Å². The fourth-order valence-electron chi connectivity index (χ4n) is 3.08. The highest BCUT2D eigenvalue weighted by atomic mass is 16.5. The minimum absolute atomic E-state index is 0.0635. The van der Waals surface area contributed by atoms with E-state index in [1.54, 1.807) is 0 Å². The van der Waals surface area contributed by atoms with Crippen molar-refractivity contribution in [3.05, 3.63) is 35.5 Å². The maximum Gasteiger partial charge on any atom is 0.226 e. The topological polar surface area (TPSA) is 86.5 Å². The number of amides is 1. The lowest BCUT2D eigenvalue weighted by Crippen LogP contribution is -2.18. The van der Waals surface area contributed by atoms with Gasteiger partial charge in [0.15, 0.2) is 5.82 Å². The summed E-state index contributed by atoms with van der Waals surface area (Å²) >= 11 is 0. The van der Waals surface area contributed by atoms with Crippen LogP contribution in [0, 0.1) is 6.92 Å². The standard InChI is InChI=1S/C22H31N3O4/c1-15-10-11-17(18(13-15)28-14-16-7-6-12-27-16)23-19(26)8-5-9-20-24-21(25-29-20)22(2,3)4/h10-11,13,16H,5-9,12,14H2,1-4H3,(H,23,26). The van der Waals surface area contributed by atoms with Gasteiger partial charge < -0.3 is 19.3 Å². The van der Waals surface area contributed by atoms with Crippen molar-refractivity contribution < 1.29 is 18.8 Å². The Hall–Kier alpha value is -2.41. The summed E-state index contributed by atoms with van der Waals surface area (Å²) in [4.78, 5) is 16.8. The van der Waals surface area contributed by atoms with Crippen LogP contribution in [0.2, 0.25) is 0 Å². The second kappa shape index (κ2) is 9.39. The van der Waals surface area contributed by atoms with Crippen LogP contribution in [0.3, 0.4) is 0 Å². The first-order chi connectivity index (χ1) is 13.8. The molecule has 2 heterocycles. The molecule has 1 unspecified atom stereocenters. The zero-order valence-electron chi connectivity index (χ0n) is 17.8. The fraction of sp³-hybridized carbons (Fsp3) is 0.591. The first-order valence-corrected chi connectivity index (χ1v) is 10.3. The van der Waals surface area contributed by atoms with Crippen LogP contribution in [0.25, 0.3) is 0 Å². The zero-order valence-corrected chi connectivity index (χ0v) is 17.8. The van der Waals surface area contributed by atoms with Crippen LogP contribution in [-0.4, -0.2) is 35.4 Å². The molecule has 0 bridgehead atoms. The van der Waals surface area contributed by atoms with E-state index in [1.807, 2.05) is 45.9 Å². The molecule has 0 aliphatic carbocycles. The number of rotatable bonds is 8. The van der Waals surface area contributed by atoms with E-state index < -0.39 is 0 Å². The third kappa shape index (κ3) is 6.29. The van der Waals surface area contributed by atoms with E-state index in [-0.39, 0.29) is 17.4 Å². The summed E-state index contributed by atoms with van der Waals surface area (Å²) in [5.41, 5.74) is 1.62. The molecule has 1 amide bonds. The van der Waals surface area contributed by atoms with Crippen molar-refractivity contribution in [3.63, 3.8) is 0 Å². The van der Waals surface area contributed by atoms with Crippen molar-refractivity contribution in [2.45, 2.75) is 71.3 Å². The Morgan fingerprint density at radius 1 is 1.34 bits per heavy atom. The van der Waals surface area contributed by atoms with Crippen molar-refractivity contribution in [1.82, 2.24) is 10.1 Å². The Labute approximate surface area is 172 Å². The molecule has 1 atom stereocenters. The minimum Gasteiger partial charge on any atom is -0.489 e. The van der Waals surface area contributed by atoms with E-state index in [2.05, 4.69) is 15.5 Å². The molecule has 7 heteroatoms. The van der Waals surface area contributed by atoms with Gasteiger partial charge >= 0.3 is 0 Å². The van der Waals surface area contributed by atoms with Gasteiger partial charge in [-0.15, -0.1) is 0 Å². The Morgan fingerprint density at radius 3 is 2.86 bits per heavy atom. The Morgan fingerprint density at radius 2 is 2.17 bits per heavy atom. The number of nitrogens with zero attached hydrogens (tertiary/aromatic N) is 2. The second-order valence-electron chi connectivity index (χ2n) is 8.61. The van der Waals surface area contributed by atoms with Gasteiger partial charge in [0.25, 0.3) is 0 Å². The summed E-state index contributed by atoms with van der Waals surface area (Å²) in [6.07, 6.45) is 3.80. The van der Waals surface area contributed by atoms with Crippen LogP contribution < -0.4 is 10.1 Å². The third-order valence-corrected chi connectivity index (χ3v) is 4.79. The lowest BCUT2D eigenvalue weighted by Gasteiger charge is -2.16. The molecule has 1 aromatic heterocycles. The van der Waals surface area contributed by atoms with Crippen LogP contribution in [0.5, 0.6) is 5.75 Å². The highest BCUT2D eigenvalue weighted by Gasteiger charge is 2.21. The average Bonchev–Trinajstić information content (AvgIpc) is 3.33. The number of aryl methyl sites for hydroxylation is 2. The number of nitrogens with one attached hydrogen (secondary N) is 1. The highest BCUT2D eigenvalue weighted by molar-refractivity contribution is 5.92. The summed E-state index contributed by atoms with van der Waals surface area (Å²) in [5, 5.41) is 6.97. The first-order valence-electron chi connectivity index (χ1n) is 10.3. The van der Waals surface area contributed by atoms with Crippen molar-refractivity contribution >= 4 is 11.6 Å². The quantitative estimate of drug-likeness (QED) is 0.714. The molecule has 1 aliphatic rings. The van der Waals surface area contributed by atoms with Gasteiger partial charge in [-0.1, -0.05) is 32.0 Å². The van der Waals surface area contributed by atoms with E-state index in [1.165, 1.54) is 0 Å². The summed E-state index contributed by atoms with van der Waals surface area (Å²) < 4.78 is 16.8. The van der Waals surface area contributed by atoms with Gasteiger partial charge in [-0.3, -0.25) is 4.79 Å². The predicted octanol–water partition coefficient (Wildman–Crippen LogP) is 4.19. The molecule has 2 aromatic rings. The Balaban J connectivity index is 1.50. The van der Waals surface area contributed by atoms with Crippen LogP contribution in [-0.2, 0) is 21.4 Å². The van der Waals surface area contributed by atoms with Crippen LogP contribution in [0.1, 0.15) is 63.7 Å². The smallest absolute Gasteiger partial charge is 0.226 e. The van der Waals surface area contributed by atoms with Gasteiger partial charge in [-0.05, 0) is 43.9 Å². The molecule has 0 spiro atoms. The molecule has 1 fully saturated rings. The monoisotopic (exact) mass is 401 g/mol. The van der Waals surface area contributed by atoms with Crippen molar-refractivity contribution in [1.29, 1.82) is 0 Å². The number of aromatic nitrogens is 2. The van der Waals surface area contributed by atoms with Crippen molar-refractivity contribution in [2.24, 2.45) is 0 Å². The van der Waals surface area contributed by atoms with Gasteiger partial charge in [-0.2, -0.15) is 4.98 Å².